The Morgan fingerprint density at radius 1 is 0.756 bits per heavy atom. The molecule has 0 bridgehead atoms. The number of carbonyl (C=O) groups is 7. The molecule has 0 radical (unpaired) electrons. The molecule has 2 aliphatic heterocycles. The zero-order chi connectivity index (χ0) is 61.3. The van der Waals surface area contributed by atoms with Crippen LogP contribution in [0.25, 0.3) is 0 Å². The lowest BCUT2D eigenvalue weighted by Crippen LogP contribution is -2.52. The van der Waals surface area contributed by atoms with Crippen LogP contribution in [0.3, 0.4) is 0 Å². The minimum atomic E-state index is -4.22. The highest BCUT2D eigenvalue weighted by atomic mass is 32.2. The summed E-state index contributed by atoms with van der Waals surface area (Å²) in [6, 6.07) is 5.19. The number of hydrogen-bond donors (Lipinski definition) is 6. The van der Waals surface area contributed by atoms with E-state index >= 15 is 0 Å². The summed E-state index contributed by atoms with van der Waals surface area (Å²) in [5.41, 5.74) is 13.6. The Morgan fingerprint density at radius 2 is 1.27 bits per heavy atom. The number of carboxylic acids is 1. The molecule has 4 amide bonds. The molecule has 0 unspecified atom stereocenters. The Bertz CT molecular complexity index is 2680. The van der Waals surface area contributed by atoms with Crippen molar-refractivity contribution in [2.45, 2.75) is 149 Å². The Kier molecular flexibility index (Phi) is 25.1. The van der Waals surface area contributed by atoms with Crippen molar-refractivity contribution in [2.75, 3.05) is 98.7 Å². The zero-order valence-electron chi connectivity index (χ0n) is 50.3. The summed E-state index contributed by atoms with van der Waals surface area (Å²) >= 11 is 0. The van der Waals surface area contributed by atoms with E-state index in [2.05, 4.69) is 20.3 Å². The summed E-state index contributed by atoms with van der Waals surface area (Å²) in [5.74, 6) is -3.44. The Balaban J connectivity index is 1.52. The zero-order valence-corrected chi connectivity index (χ0v) is 51.1. The van der Waals surface area contributed by atoms with Crippen molar-refractivity contribution in [1.82, 2.24) is 39.9 Å². The predicted octanol–water partition coefficient (Wildman–Crippen LogP) is 2.22. The maximum Gasteiger partial charge on any atom is 0.335 e. The maximum absolute atomic E-state index is 14.2. The van der Waals surface area contributed by atoms with Gasteiger partial charge in [0.1, 0.15) is 28.6 Å². The molecule has 8 N–H and O–H groups in total. The van der Waals surface area contributed by atoms with Gasteiger partial charge >= 0.3 is 17.9 Å². The summed E-state index contributed by atoms with van der Waals surface area (Å²) in [6.45, 7) is 22.4. The minimum Gasteiger partial charge on any atom is -0.487 e. The number of sulfonamides is 1. The fourth-order valence-electron chi connectivity index (χ4n) is 9.68. The standard InChI is InChI=1S/C57H91N11O13S/c1-38-39(2)51(40(3)50-43(38)32-57(10,11)81-50)82(77,78)63-54(59)61-23-15-16-44(52(74)60-22-14-13-17-47(71)64(12)33-41-18-20-42(21-19-41)53(75)76)62-46(70)35-66-26-30-67(36-48(72)79-55(4,5)6)28-24-65(34-45(58)69)25-29-68(31-27-66)37-49(73)80-56(7,8)9/h18-21,44H,13-17,22-37H2,1-12H3,(H2,58,69)(H,60,74)(H,62,70)(H,75,76)(H3,59,61,63)/t44-/m0/s1. The summed E-state index contributed by atoms with van der Waals surface area (Å²) < 4.78 is 47.6. The molecule has 0 aliphatic carbocycles. The average molecular weight is 1170 g/mol. The van der Waals surface area contributed by atoms with E-state index < -0.39 is 68.5 Å². The molecule has 0 spiro atoms. The number of fused-ring (bicyclic) bond motifs is 1. The smallest absolute Gasteiger partial charge is 0.335 e. The fourth-order valence-corrected chi connectivity index (χ4v) is 11.2. The van der Waals surface area contributed by atoms with Gasteiger partial charge in [-0.25, -0.2) is 17.9 Å². The molecule has 4 rings (SSSR count). The molecule has 0 aromatic heterocycles. The highest BCUT2D eigenvalue weighted by Gasteiger charge is 2.37. The van der Waals surface area contributed by atoms with Crippen molar-refractivity contribution in [3.63, 3.8) is 0 Å². The fraction of sp³-hybridized carbons (Fsp3) is 0.649. The SMILES string of the molecule is Cc1c(C)c(S(=O)(=O)NC(N)=NCCC[C@H](NC(=O)CN2CCN(CC(=O)OC(C)(C)C)CCN(CC(N)=O)CCN(CC(=O)OC(C)(C)C)CC2)C(=O)NCCCCC(=O)N(C)Cc2ccc(C(=O)O)cc2)c(C)c2c1CC(C)(C)O2. The largest absolute Gasteiger partial charge is 0.487 e. The maximum atomic E-state index is 14.2. The molecule has 1 fully saturated rings. The van der Waals surface area contributed by atoms with Gasteiger partial charge in [0.25, 0.3) is 10.0 Å². The number of amides is 4. The van der Waals surface area contributed by atoms with Crippen LogP contribution in [0.5, 0.6) is 5.75 Å². The van der Waals surface area contributed by atoms with Crippen LogP contribution in [-0.4, -0.2) is 207 Å². The van der Waals surface area contributed by atoms with E-state index in [0.29, 0.717) is 75.4 Å². The number of aliphatic imine (C=N–C) groups is 1. The number of carbonyl (C=O) groups excluding carboxylic acids is 6. The molecule has 2 aliphatic rings. The third-order valence-electron chi connectivity index (χ3n) is 13.8. The first kappa shape index (κ1) is 68.1. The minimum absolute atomic E-state index is 0.0181. The van der Waals surface area contributed by atoms with Crippen molar-refractivity contribution in [3.05, 3.63) is 57.6 Å². The molecule has 1 saturated heterocycles. The number of benzene rings is 2. The molecule has 24 nitrogen and oxygen atoms in total. The Morgan fingerprint density at radius 3 is 1.77 bits per heavy atom. The van der Waals surface area contributed by atoms with E-state index in [0.717, 1.165) is 16.7 Å². The predicted molar refractivity (Wildman–Crippen MR) is 310 cm³/mol. The number of guanidine groups is 1. The van der Waals surface area contributed by atoms with Crippen LogP contribution in [0.2, 0.25) is 0 Å². The highest BCUT2D eigenvalue weighted by molar-refractivity contribution is 7.90. The van der Waals surface area contributed by atoms with E-state index in [4.69, 9.17) is 25.7 Å². The average Bonchev–Trinajstić information content (AvgIpc) is 3.38. The number of nitrogens with one attached hydrogen (secondary N) is 3. The number of unbranched alkanes of at least 4 members (excludes halogenated alkanes) is 1. The molecule has 25 heteroatoms. The van der Waals surface area contributed by atoms with Crippen LogP contribution in [0.1, 0.15) is 126 Å². The number of hydrogen-bond acceptors (Lipinski definition) is 17. The van der Waals surface area contributed by atoms with Gasteiger partial charge in [0.15, 0.2) is 0 Å². The molecule has 2 aromatic carbocycles. The van der Waals surface area contributed by atoms with Crippen LogP contribution in [0.15, 0.2) is 34.2 Å². The van der Waals surface area contributed by atoms with Gasteiger partial charge in [0.2, 0.25) is 29.6 Å². The topological polar surface area (TPSA) is 318 Å². The Labute approximate surface area is 484 Å². The van der Waals surface area contributed by atoms with Gasteiger partial charge < -0.3 is 46.3 Å². The number of ether oxygens (including phenoxy) is 3. The molecule has 458 valence electrons. The van der Waals surface area contributed by atoms with Gasteiger partial charge in [-0.3, -0.25) is 53.4 Å². The van der Waals surface area contributed by atoms with Gasteiger partial charge in [0, 0.05) is 103 Å². The van der Waals surface area contributed by atoms with Crippen molar-refractivity contribution in [1.29, 1.82) is 0 Å². The summed E-state index contributed by atoms with van der Waals surface area (Å²) in [6.07, 6.45) is 1.95. The lowest BCUT2D eigenvalue weighted by Gasteiger charge is -2.34. The second-order valence-electron chi connectivity index (χ2n) is 23.9. The molecular formula is C57H91N11O13S. The third-order valence-corrected chi connectivity index (χ3v) is 15.4. The highest BCUT2D eigenvalue weighted by Crippen LogP contribution is 2.44. The number of nitrogens with zero attached hydrogens (tertiary/aromatic N) is 6. The summed E-state index contributed by atoms with van der Waals surface area (Å²) in [4.78, 5) is 104. The van der Waals surface area contributed by atoms with Crippen LogP contribution < -0.4 is 31.6 Å². The number of primary amides is 1. The lowest BCUT2D eigenvalue weighted by molar-refractivity contribution is -0.157. The summed E-state index contributed by atoms with van der Waals surface area (Å²) in [5, 5.41) is 15.0. The molecule has 1 atom stereocenters. The van der Waals surface area contributed by atoms with Crippen molar-refractivity contribution in [2.24, 2.45) is 16.5 Å². The van der Waals surface area contributed by atoms with Gasteiger partial charge in [-0.05, 0) is 131 Å². The first-order valence-corrected chi connectivity index (χ1v) is 29.5. The third kappa shape index (κ3) is 23.1. The van der Waals surface area contributed by atoms with Crippen LogP contribution in [0, 0.1) is 20.8 Å². The van der Waals surface area contributed by atoms with Crippen LogP contribution in [0.4, 0.5) is 0 Å². The van der Waals surface area contributed by atoms with Gasteiger partial charge in [-0.15, -0.1) is 0 Å². The summed E-state index contributed by atoms with van der Waals surface area (Å²) in [7, 11) is -2.57. The van der Waals surface area contributed by atoms with E-state index in [1.807, 2.05) is 40.4 Å². The molecule has 82 heavy (non-hydrogen) atoms. The number of carboxylic acid groups (broad SMARTS) is 1. The normalized spacial score (nSPS) is 16.6. The molecule has 0 saturated carbocycles. The monoisotopic (exact) mass is 1170 g/mol. The van der Waals surface area contributed by atoms with Gasteiger partial charge in [-0.2, -0.15) is 0 Å². The second kappa shape index (κ2) is 30.2. The van der Waals surface area contributed by atoms with E-state index in [1.54, 1.807) is 79.5 Å². The number of esters is 2. The lowest BCUT2D eigenvalue weighted by atomic mass is 9.93. The second-order valence-corrected chi connectivity index (χ2v) is 25.5. The molecule has 2 heterocycles. The number of rotatable bonds is 24. The van der Waals surface area contributed by atoms with Crippen molar-refractivity contribution >= 4 is 57.5 Å². The van der Waals surface area contributed by atoms with E-state index in [-0.39, 0.29) is 100 Å². The van der Waals surface area contributed by atoms with E-state index in [9.17, 15) is 47.1 Å². The first-order chi connectivity index (χ1) is 38.1. The van der Waals surface area contributed by atoms with Gasteiger partial charge in [-0.1, -0.05) is 12.1 Å². The molecular weight excluding hydrogens is 1080 g/mol. The number of aromatic carboxylic acids is 1. The molecule has 2 aromatic rings. The van der Waals surface area contributed by atoms with Crippen LogP contribution in [-0.2, 0) is 61.2 Å². The van der Waals surface area contributed by atoms with Crippen molar-refractivity contribution in [3.8, 4) is 5.75 Å². The van der Waals surface area contributed by atoms with Gasteiger partial charge in [0.05, 0.1) is 36.6 Å². The quantitative estimate of drug-likeness (QED) is 0.0380. The Hall–Kier alpha value is -6.41. The van der Waals surface area contributed by atoms with E-state index in [1.165, 1.54) is 12.1 Å². The van der Waals surface area contributed by atoms with Crippen molar-refractivity contribution < 1.29 is 61.3 Å². The van der Waals surface area contributed by atoms with Crippen LogP contribution >= 0.6 is 0 Å². The first-order valence-electron chi connectivity index (χ1n) is 28.0. The number of nitrogens with two attached hydrogens (primary N) is 2.